The Balaban J connectivity index is 1.42. The number of halogens is 3. The Morgan fingerprint density at radius 2 is 1.89 bits per heavy atom. The summed E-state index contributed by atoms with van der Waals surface area (Å²) in [5.74, 6) is -2.47. The lowest BCUT2D eigenvalue weighted by atomic mass is 9.53. The maximum absolute atomic E-state index is 16.1. The van der Waals surface area contributed by atoms with Gasteiger partial charge in [-0.3, -0.25) is 19.7 Å². The number of amides is 3. The highest BCUT2D eigenvalue weighted by atomic mass is 35.5. The number of nitrogens with zero attached hydrogens (tertiary/aromatic N) is 2. The minimum atomic E-state index is -1.34. The molecule has 45 heavy (non-hydrogen) atoms. The summed E-state index contributed by atoms with van der Waals surface area (Å²) >= 11 is 12.6. The van der Waals surface area contributed by atoms with Crippen molar-refractivity contribution in [3.05, 3.63) is 57.6 Å². The molecule has 6 rings (SSSR count). The van der Waals surface area contributed by atoms with Crippen molar-refractivity contribution >= 4 is 46.6 Å². The number of hydrogen-bond donors (Lipinski definition) is 3. The van der Waals surface area contributed by atoms with Gasteiger partial charge in [-0.2, -0.15) is 0 Å². The molecular weight excluding hydrogens is 620 g/mol. The second-order valence-electron chi connectivity index (χ2n) is 13.8. The van der Waals surface area contributed by atoms with Crippen LogP contribution in [0, 0.1) is 11.2 Å². The van der Waals surface area contributed by atoms with E-state index in [9.17, 15) is 14.4 Å². The van der Waals surface area contributed by atoms with E-state index in [1.807, 2.05) is 13.0 Å². The summed E-state index contributed by atoms with van der Waals surface area (Å²) in [7, 11) is 1.74. The predicted octanol–water partition coefficient (Wildman–Crippen LogP) is 4.95. The molecule has 0 radical (unpaired) electrons. The van der Waals surface area contributed by atoms with Gasteiger partial charge in [0.1, 0.15) is 11.5 Å². The van der Waals surface area contributed by atoms with E-state index in [2.05, 4.69) is 34.8 Å². The largest absolute Gasteiger partial charge is 0.366 e. The summed E-state index contributed by atoms with van der Waals surface area (Å²) in [6, 6.07) is 5.44. The number of anilines is 1. The Labute approximate surface area is 272 Å². The summed E-state index contributed by atoms with van der Waals surface area (Å²) < 4.78 is 22.0. The van der Waals surface area contributed by atoms with Gasteiger partial charge in [0.25, 0.3) is 5.91 Å². The molecule has 0 unspecified atom stereocenters. The molecule has 2 aromatic rings. The zero-order chi connectivity index (χ0) is 32.3. The quantitative estimate of drug-likeness (QED) is 0.392. The van der Waals surface area contributed by atoms with Crippen molar-refractivity contribution in [1.29, 1.82) is 0 Å². The Kier molecular flexibility index (Phi) is 8.42. The van der Waals surface area contributed by atoms with Gasteiger partial charge < -0.3 is 20.3 Å². The molecule has 4 aliphatic rings. The van der Waals surface area contributed by atoms with Gasteiger partial charge in [-0.15, -0.1) is 0 Å². The number of benzene rings is 1. The molecule has 1 aliphatic carbocycles. The highest BCUT2D eigenvalue weighted by molar-refractivity contribution is 6.31. The summed E-state index contributed by atoms with van der Waals surface area (Å²) in [4.78, 5) is 47.2. The molecule has 1 aromatic carbocycles. The average Bonchev–Trinajstić information content (AvgIpc) is 3.47. The van der Waals surface area contributed by atoms with E-state index < -0.39 is 34.8 Å². The monoisotopic (exact) mass is 659 g/mol. The Bertz CT molecular complexity index is 1520. The van der Waals surface area contributed by atoms with Crippen LogP contribution >= 0.6 is 23.2 Å². The van der Waals surface area contributed by atoms with Crippen LogP contribution in [-0.2, 0) is 24.5 Å². The van der Waals surface area contributed by atoms with E-state index in [0.29, 0.717) is 48.5 Å². The van der Waals surface area contributed by atoms with Crippen LogP contribution in [0.15, 0.2) is 30.5 Å². The molecule has 0 bridgehead atoms. The molecule has 9 nitrogen and oxygen atoms in total. The van der Waals surface area contributed by atoms with Crippen LogP contribution in [0.1, 0.15) is 76.3 Å². The van der Waals surface area contributed by atoms with E-state index in [4.69, 9.17) is 27.9 Å². The number of carbonyl (C=O) groups excluding carboxylic acids is 3. The maximum Gasteiger partial charge on any atom is 0.251 e. The number of hydrogen-bond acceptors (Lipinski definition) is 6. The highest BCUT2D eigenvalue weighted by Gasteiger charge is 2.73. The number of carbonyl (C=O) groups is 3. The first-order valence-electron chi connectivity index (χ1n) is 15.7. The van der Waals surface area contributed by atoms with Crippen LogP contribution < -0.4 is 16.0 Å². The van der Waals surface area contributed by atoms with Crippen LogP contribution in [0.25, 0.3) is 0 Å². The molecule has 3 N–H and O–H groups in total. The zero-order valence-corrected chi connectivity index (χ0v) is 27.5. The van der Waals surface area contributed by atoms with Crippen LogP contribution in [0.5, 0.6) is 0 Å². The SMILES string of the molecule is CCN(C)C(=O)[C@@H]1CC[C@@H](NC(=O)[C@@H]2NC3(CCC(C)(C)CC3)[C@@]3(C(=O)Nc4cc(Cl)ccc43)[C@H]2c2ccnc(Cl)c2F)CO1. The molecular formula is C33H40Cl2FN5O4. The van der Waals surface area contributed by atoms with E-state index in [-0.39, 0.29) is 46.5 Å². The number of rotatable bonds is 5. The first-order valence-corrected chi connectivity index (χ1v) is 16.4. The Morgan fingerprint density at radius 1 is 1.16 bits per heavy atom. The van der Waals surface area contributed by atoms with Crippen molar-refractivity contribution in [2.75, 3.05) is 25.5 Å². The third-order valence-corrected chi connectivity index (χ3v) is 11.2. The molecule has 5 atom stereocenters. The summed E-state index contributed by atoms with van der Waals surface area (Å²) in [5, 5.41) is 9.95. The third-order valence-electron chi connectivity index (χ3n) is 10.7. The van der Waals surface area contributed by atoms with Gasteiger partial charge in [0.15, 0.2) is 11.0 Å². The van der Waals surface area contributed by atoms with Gasteiger partial charge in [0.2, 0.25) is 11.8 Å². The minimum absolute atomic E-state index is 0.0341. The molecule has 2 saturated heterocycles. The number of ether oxygens (including phenoxy) is 1. The Hall–Kier alpha value is -2.79. The summed E-state index contributed by atoms with van der Waals surface area (Å²) in [6.07, 6.45) is 4.65. The number of fused-ring (bicyclic) bond motifs is 3. The van der Waals surface area contributed by atoms with Crippen LogP contribution in [0.3, 0.4) is 0 Å². The van der Waals surface area contributed by atoms with Crippen molar-refractivity contribution in [3.8, 4) is 0 Å². The maximum atomic E-state index is 16.1. The molecule has 12 heteroatoms. The number of nitrogens with one attached hydrogen (secondary N) is 3. The fraction of sp³-hybridized carbons (Fsp3) is 0.576. The van der Waals surface area contributed by atoms with Gasteiger partial charge in [-0.1, -0.05) is 43.1 Å². The highest BCUT2D eigenvalue weighted by Crippen LogP contribution is 2.64. The average molecular weight is 661 g/mol. The van der Waals surface area contributed by atoms with E-state index in [1.165, 1.54) is 12.3 Å². The number of aromatic nitrogens is 1. The second-order valence-corrected chi connectivity index (χ2v) is 14.6. The van der Waals surface area contributed by atoms with Crippen molar-refractivity contribution in [3.63, 3.8) is 0 Å². The normalized spacial score (nSPS) is 29.8. The zero-order valence-electron chi connectivity index (χ0n) is 26.0. The van der Waals surface area contributed by atoms with Crippen LogP contribution in [0.2, 0.25) is 10.2 Å². The fourth-order valence-electron chi connectivity index (χ4n) is 8.08. The first kappa shape index (κ1) is 32.2. The second kappa shape index (κ2) is 11.8. The Morgan fingerprint density at radius 3 is 2.56 bits per heavy atom. The van der Waals surface area contributed by atoms with Gasteiger partial charge in [0.05, 0.1) is 18.7 Å². The van der Waals surface area contributed by atoms with Crippen molar-refractivity contribution in [2.24, 2.45) is 5.41 Å². The summed E-state index contributed by atoms with van der Waals surface area (Å²) in [5.41, 5.74) is -0.798. The molecule has 242 valence electrons. The predicted molar refractivity (Wildman–Crippen MR) is 170 cm³/mol. The third kappa shape index (κ3) is 5.22. The van der Waals surface area contributed by atoms with Crippen molar-refractivity contribution in [1.82, 2.24) is 20.5 Å². The van der Waals surface area contributed by atoms with Crippen molar-refractivity contribution < 1.29 is 23.5 Å². The van der Waals surface area contributed by atoms with E-state index >= 15 is 4.39 Å². The van der Waals surface area contributed by atoms with Crippen LogP contribution in [0.4, 0.5) is 10.1 Å². The molecule has 2 spiro atoms. The lowest BCUT2D eigenvalue weighted by Gasteiger charge is -2.50. The number of likely N-dealkylation sites (N-methyl/N-ethyl adjacent to an activating group) is 1. The molecule has 4 heterocycles. The molecule has 1 saturated carbocycles. The van der Waals surface area contributed by atoms with Gasteiger partial charge >= 0.3 is 0 Å². The smallest absolute Gasteiger partial charge is 0.251 e. The van der Waals surface area contributed by atoms with Gasteiger partial charge in [-0.25, -0.2) is 9.37 Å². The van der Waals surface area contributed by atoms with Gasteiger partial charge in [0, 0.05) is 42.0 Å². The molecule has 3 amide bonds. The van der Waals surface area contributed by atoms with Crippen molar-refractivity contribution in [2.45, 2.75) is 94.4 Å². The lowest BCUT2D eigenvalue weighted by molar-refractivity contribution is -0.146. The molecule has 3 fully saturated rings. The number of pyridine rings is 1. The van der Waals surface area contributed by atoms with Crippen LogP contribution in [-0.4, -0.2) is 71.5 Å². The molecule has 3 aliphatic heterocycles. The van der Waals surface area contributed by atoms with E-state index in [0.717, 1.165) is 12.8 Å². The van der Waals surface area contributed by atoms with E-state index in [1.54, 1.807) is 24.1 Å². The topological polar surface area (TPSA) is 113 Å². The standard InChI is InChI=1S/C33H40Cl2FN5O4/c1-5-41(4)29(43)23-9-7-19(17-45-23)38-28(42)26-24(20-10-15-37-27(35)25(20)36)33(32(40-26)13-11-31(2,3)12-14-32)21-8-6-18(34)16-22(21)39-30(33)44/h6,8,10,15-16,19,23-24,26,40H,5,7,9,11-14,17H2,1-4H3,(H,38,42)(H,39,44)/t19-,23+,24+,26-,33-/m1/s1. The first-order chi connectivity index (χ1) is 21.3. The lowest BCUT2D eigenvalue weighted by Crippen LogP contribution is -2.61. The van der Waals surface area contributed by atoms with Gasteiger partial charge in [-0.05, 0) is 80.2 Å². The fourth-order valence-corrected chi connectivity index (χ4v) is 8.42. The summed E-state index contributed by atoms with van der Waals surface area (Å²) in [6.45, 7) is 7.05. The minimum Gasteiger partial charge on any atom is -0.366 e. The molecule has 1 aromatic heterocycles.